The van der Waals surface area contributed by atoms with Gasteiger partial charge in [0.15, 0.2) is 6.61 Å². The Balaban J connectivity index is 1.75. The minimum absolute atomic E-state index is 0.0359. The van der Waals surface area contributed by atoms with Crippen molar-refractivity contribution >= 4 is 17.6 Å². The molecule has 0 aliphatic rings. The van der Waals surface area contributed by atoms with Crippen molar-refractivity contribution in [2.24, 2.45) is 0 Å². The molecule has 3 rings (SSSR count). The van der Waals surface area contributed by atoms with E-state index < -0.39 is 12.6 Å². The topological polar surface area (TPSA) is 66.8 Å². The molecule has 0 unspecified atom stereocenters. The number of esters is 1. The quantitative estimate of drug-likeness (QED) is 0.659. The highest BCUT2D eigenvalue weighted by atomic mass is 16.5. The van der Waals surface area contributed by atoms with Crippen LogP contribution in [0.4, 0.5) is 5.69 Å². The van der Waals surface area contributed by atoms with Crippen LogP contribution in [-0.2, 0) is 16.1 Å². The van der Waals surface area contributed by atoms with Gasteiger partial charge >= 0.3 is 5.97 Å². The number of phenolic OH excluding ortho intramolecular Hbond substituents is 1. The summed E-state index contributed by atoms with van der Waals surface area (Å²) < 4.78 is 5.17. The highest BCUT2D eigenvalue weighted by molar-refractivity contribution is 5.97. The molecule has 142 valence electrons. The van der Waals surface area contributed by atoms with Crippen LogP contribution in [0.1, 0.15) is 21.5 Å². The minimum Gasteiger partial charge on any atom is -0.508 e. The first kappa shape index (κ1) is 19.2. The van der Waals surface area contributed by atoms with Crippen LogP contribution in [-0.4, -0.2) is 23.6 Å². The van der Waals surface area contributed by atoms with E-state index in [2.05, 4.69) is 0 Å². The van der Waals surface area contributed by atoms with Crippen molar-refractivity contribution < 1.29 is 19.4 Å². The predicted octanol–water partition coefficient (Wildman–Crippen LogP) is 4.09. The van der Waals surface area contributed by atoms with Gasteiger partial charge in [-0.05, 0) is 48.4 Å². The van der Waals surface area contributed by atoms with E-state index in [-0.39, 0.29) is 17.2 Å². The Morgan fingerprint density at radius 1 is 0.929 bits per heavy atom. The Morgan fingerprint density at radius 2 is 1.68 bits per heavy atom. The first-order chi connectivity index (χ1) is 13.5. The molecule has 0 spiro atoms. The molecule has 5 nitrogen and oxygen atoms in total. The summed E-state index contributed by atoms with van der Waals surface area (Å²) in [6.45, 7) is 1.93. The van der Waals surface area contributed by atoms with Gasteiger partial charge in [-0.25, -0.2) is 4.79 Å². The van der Waals surface area contributed by atoms with Gasteiger partial charge in [-0.1, -0.05) is 48.5 Å². The Bertz CT molecular complexity index is 969. The molecule has 5 heteroatoms. The number of rotatable bonds is 6. The van der Waals surface area contributed by atoms with E-state index in [1.54, 1.807) is 11.0 Å². The van der Waals surface area contributed by atoms with E-state index in [0.29, 0.717) is 6.54 Å². The van der Waals surface area contributed by atoms with E-state index in [1.807, 2.05) is 61.5 Å². The number of carbonyl (C=O) groups is 2. The number of hydrogen-bond donors (Lipinski definition) is 1. The molecule has 1 N–H and O–H groups in total. The fourth-order valence-corrected chi connectivity index (χ4v) is 2.81. The molecule has 0 aliphatic heterocycles. The molecule has 0 aliphatic carbocycles. The van der Waals surface area contributed by atoms with Crippen LogP contribution < -0.4 is 4.90 Å². The average molecular weight is 375 g/mol. The van der Waals surface area contributed by atoms with Crippen molar-refractivity contribution in [1.29, 1.82) is 0 Å². The van der Waals surface area contributed by atoms with Crippen LogP contribution >= 0.6 is 0 Å². The zero-order valence-electron chi connectivity index (χ0n) is 15.5. The monoisotopic (exact) mass is 375 g/mol. The van der Waals surface area contributed by atoms with E-state index >= 15 is 0 Å². The third-order valence-corrected chi connectivity index (χ3v) is 4.21. The van der Waals surface area contributed by atoms with Crippen LogP contribution in [0.2, 0.25) is 0 Å². The lowest BCUT2D eigenvalue weighted by Crippen LogP contribution is -2.34. The SMILES string of the molecule is Cc1cccc(N(Cc2ccccc2)C(=O)COC(=O)c2cccc(O)c2)c1. The van der Waals surface area contributed by atoms with Crippen molar-refractivity contribution in [2.75, 3.05) is 11.5 Å². The number of aromatic hydroxyl groups is 1. The van der Waals surface area contributed by atoms with Gasteiger partial charge in [-0.15, -0.1) is 0 Å². The lowest BCUT2D eigenvalue weighted by atomic mass is 10.1. The molecule has 0 saturated carbocycles. The van der Waals surface area contributed by atoms with Gasteiger partial charge in [0, 0.05) is 5.69 Å². The minimum atomic E-state index is -0.659. The summed E-state index contributed by atoms with van der Waals surface area (Å²) in [5.74, 6) is -1.03. The Morgan fingerprint density at radius 3 is 2.39 bits per heavy atom. The number of phenols is 1. The maximum absolute atomic E-state index is 12.9. The molecular formula is C23H21NO4. The fraction of sp³-hybridized carbons (Fsp3) is 0.130. The molecule has 1 amide bonds. The van der Waals surface area contributed by atoms with E-state index in [1.165, 1.54) is 18.2 Å². The van der Waals surface area contributed by atoms with Crippen LogP contribution in [0.3, 0.4) is 0 Å². The van der Waals surface area contributed by atoms with Crippen LogP contribution in [0, 0.1) is 6.92 Å². The fourth-order valence-electron chi connectivity index (χ4n) is 2.81. The highest BCUT2D eigenvalue weighted by Crippen LogP contribution is 2.19. The van der Waals surface area contributed by atoms with Crippen molar-refractivity contribution in [3.8, 4) is 5.75 Å². The van der Waals surface area contributed by atoms with Gasteiger partial charge in [-0.3, -0.25) is 4.79 Å². The summed E-state index contributed by atoms with van der Waals surface area (Å²) >= 11 is 0. The summed E-state index contributed by atoms with van der Waals surface area (Å²) in [6, 6.07) is 23.1. The molecule has 3 aromatic rings. The number of amides is 1. The van der Waals surface area contributed by atoms with Crippen molar-refractivity contribution in [1.82, 2.24) is 0 Å². The molecule has 0 radical (unpaired) electrons. The van der Waals surface area contributed by atoms with Crippen LogP contribution in [0.15, 0.2) is 78.9 Å². The third kappa shape index (κ3) is 4.98. The largest absolute Gasteiger partial charge is 0.508 e. The zero-order valence-corrected chi connectivity index (χ0v) is 15.5. The molecule has 28 heavy (non-hydrogen) atoms. The van der Waals surface area contributed by atoms with E-state index in [4.69, 9.17) is 4.74 Å². The number of carbonyl (C=O) groups excluding carboxylic acids is 2. The molecule has 0 saturated heterocycles. The number of aryl methyl sites for hydroxylation is 1. The molecule has 0 heterocycles. The standard InChI is InChI=1S/C23H21NO4/c1-17-7-5-11-20(13-17)24(15-18-8-3-2-4-9-18)22(26)16-28-23(27)19-10-6-12-21(25)14-19/h2-14,25H,15-16H2,1H3. The Hall–Kier alpha value is -3.60. The summed E-state index contributed by atoms with van der Waals surface area (Å²) in [6.07, 6.45) is 0. The number of benzene rings is 3. The average Bonchev–Trinajstić information content (AvgIpc) is 2.70. The smallest absolute Gasteiger partial charge is 0.338 e. The van der Waals surface area contributed by atoms with Crippen LogP contribution in [0.5, 0.6) is 5.75 Å². The third-order valence-electron chi connectivity index (χ3n) is 4.21. The number of nitrogens with zero attached hydrogens (tertiary/aromatic N) is 1. The van der Waals surface area contributed by atoms with Gasteiger partial charge in [0.25, 0.3) is 5.91 Å². The second kappa shape index (κ2) is 8.86. The first-order valence-corrected chi connectivity index (χ1v) is 8.90. The van der Waals surface area contributed by atoms with Crippen molar-refractivity contribution in [3.63, 3.8) is 0 Å². The molecule has 0 bridgehead atoms. The molecule has 3 aromatic carbocycles. The van der Waals surface area contributed by atoms with Crippen molar-refractivity contribution in [2.45, 2.75) is 13.5 Å². The number of ether oxygens (including phenoxy) is 1. The summed E-state index contributed by atoms with van der Waals surface area (Å²) in [5.41, 5.74) is 2.93. The summed E-state index contributed by atoms with van der Waals surface area (Å²) in [4.78, 5) is 26.6. The summed E-state index contributed by atoms with van der Waals surface area (Å²) in [7, 11) is 0. The van der Waals surface area contributed by atoms with E-state index in [0.717, 1.165) is 16.8 Å². The lowest BCUT2D eigenvalue weighted by Gasteiger charge is -2.23. The van der Waals surface area contributed by atoms with Gasteiger partial charge in [0.2, 0.25) is 0 Å². The lowest BCUT2D eigenvalue weighted by molar-refractivity contribution is -0.121. The first-order valence-electron chi connectivity index (χ1n) is 8.90. The number of anilines is 1. The van der Waals surface area contributed by atoms with E-state index in [9.17, 15) is 14.7 Å². The second-order valence-corrected chi connectivity index (χ2v) is 6.43. The Kier molecular flexibility index (Phi) is 6.07. The molecule has 0 atom stereocenters. The maximum atomic E-state index is 12.9. The summed E-state index contributed by atoms with van der Waals surface area (Å²) in [5, 5.41) is 9.48. The molecule has 0 aromatic heterocycles. The van der Waals surface area contributed by atoms with Gasteiger partial charge in [0.1, 0.15) is 5.75 Å². The normalized spacial score (nSPS) is 10.3. The highest BCUT2D eigenvalue weighted by Gasteiger charge is 2.19. The molecular weight excluding hydrogens is 354 g/mol. The molecule has 0 fully saturated rings. The van der Waals surface area contributed by atoms with Gasteiger partial charge < -0.3 is 14.7 Å². The van der Waals surface area contributed by atoms with Gasteiger partial charge in [-0.2, -0.15) is 0 Å². The maximum Gasteiger partial charge on any atom is 0.338 e. The number of hydrogen-bond acceptors (Lipinski definition) is 4. The second-order valence-electron chi connectivity index (χ2n) is 6.43. The zero-order chi connectivity index (χ0) is 19.9. The van der Waals surface area contributed by atoms with Gasteiger partial charge in [0.05, 0.1) is 12.1 Å². The van der Waals surface area contributed by atoms with Crippen molar-refractivity contribution in [3.05, 3.63) is 95.6 Å². The Labute approximate surface area is 163 Å². The van der Waals surface area contributed by atoms with Crippen LogP contribution in [0.25, 0.3) is 0 Å². The predicted molar refractivity (Wildman–Crippen MR) is 107 cm³/mol.